The molecular formula is C17H20N2O4. The number of carbonyl (C=O) groups excluding carboxylic acids is 1. The summed E-state index contributed by atoms with van der Waals surface area (Å²) in [6.07, 6.45) is 1.61. The number of aryl methyl sites for hydroxylation is 1. The first-order chi connectivity index (χ1) is 11.0. The average molecular weight is 316 g/mol. The van der Waals surface area contributed by atoms with Crippen molar-refractivity contribution in [2.24, 2.45) is 7.05 Å². The highest BCUT2D eigenvalue weighted by Crippen LogP contribution is 2.29. The SMILES string of the molecule is COc1ccc(C(C)NC(=O)c2cccn(C)c2=O)cc1OC. The van der Waals surface area contributed by atoms with Crippen LogP contribution in [0.5, 0.6) is 11.5 Å². The fraction of sp³-hybridized carbons (Fsp3) is 0.294. The lowest BCUT2D eigenvalue weighted by Gasteiger charge is -2.16. The molecule has 0 spiro atoms. The Morgan fingerprint density at radius 3 is 2.52 bits per heavy atom. The third-order valence-corrected chi connectivity index (χ3v) is 3.62. The van der Waals surface area contributed by atoms with Crippen LogP contribution in [0.3, 0.4) is 0 Å². The molecular weight excluding hydrogens is 296 g/mol. The molecule has 1 amide bonds. The molecule has 1 N–H and O–H groups in total. The van der Waals surface area contributed by atoms with Crippen LogP contribution < -0.4 is 20.3 Å². The Morgan fingerprint density at radius 2 is 1.87 bits per heavy atom. The summed E-state index contributed by atoms with van der Waals surface area (Å²) < 4.78 is 11.8. The number of nitrogens with one attached hydrogen (secondary N) is 1. The highest BCUT2D eigenvalue weighted by molar-refractivity contribution is 5.94. The number of methoxy groups -OCH3 is 2. The van der Waals surface area contributed by atoms with Crippen molar-refractivity contribution in [3.8, 4) is 11.5 Å². The first-order valence-electron chi connectivity index (χ1n) is 7.16. The Hall–Kier alpha value is -2.76. The summed E-state index contributed by atoms with van der Waals surface area (Å²) in [5.41, 5.74) is 0.635. The second-order valence-electron chi connectivity index (χ2n) is 5.15. The van der Waals surface area contributed by atoms with Crippen LogP contribution in [0, 0.1) is 0 Å². The van der Waals surface area contributed by atoms with Crippen LogP contribution in [-0.2, 0) is 7.05 Å². The van der Waals surface area contributed by atoms with Crippen molar-refractivity contribution >= 4 is 5.91 Å². The molecule has 122 valence electrons. The number of rotatable bonds is 5. The molecule has 0 radical (unpaired) electrons. The number of hydrogen-bond acceptors (Lipinski definition) is 4. The molecule has 1 heterocycles. The highest BCUT2D eigenvalue weighted by atomic mass is 16.5. The van der Waals surface area contributed by atoms with Gasteiger partial charge < -0.3 is 19.4 Å². The summed E-state index contributed by atoms with van der Waals surface area (Å²) in [7, 11) is 4.73. The van der Waals surface area contributed by atoms with Crippen LogP contribution in [0.15, 0.2) is 41.3 Å². The highest BCUT2D eigenvalue weighted by Gasteiger charge is 2.16. The molecule has 1 unspecified atom stereocenters. The van der Waals surface area contributed by atoms with E-state index in [1.165, 1.54) is 10.6 Å². The van der Waals surface area contributed by atoms with Gasteiger partial charge in [-0.2, -0.15) is 0 Å². The maximum atomic E-state index is 12.3. The molecule has 0 aliphatic carbocycles. The molecule has 0 saturated carbocycles. The van der Waals surface area contributed by atoms with E-state index < -0.39 is 5.91 Å². The fourth-order valence-electron chi connectivity index (χ4n) is 2.25. The van der Waals surface area contributed by atoms with Crippen LogP contribution in [0.2, 0.25) is 0 Å². The van der Waals surface area contributed by atoms with Crippen molar-refractivity contribution in [1.29, 1.82) is 0 Å². The summed E-state index contributed by atoms with van der Waals surface area (Å²) in [6.45, 7) is 1.84. The van der Waals surface area contributed by atoms with Gasteiger partial charge in [-0.1, -0.05) is 6.07 Å². The molecule has 2 rings (SSSR count). The zero-order valence-electron chi connectivity index (χ0n) is 13.6. The van der Waals surface area contributed by atoms with Crippen molar-refractivity contribution in [1.82, 2.24) is 9.88 Å². The van der Waals surface area contributed by atoms with Crippen molar-refractivity contribution in [2.75, 3.05) is 14.2 Å². The van der Waals surface area contributed by atoms with E-state index in [2.05, 4.69) is 5.32 Å². The monoisotopic (exact) mass is 316 g/mol. The quantitative estimate of drug-likeness (QED) is 0.914. The predicted octanol–water partition coefficient (Wildman–Crippen LogP) is 1.89. The van der Waals surface area contributed by atoms with Gasteiger partial charge in [-0.15, -0.1) is 0 Å². The standard InChI is InChI=1S/C17H20N2O4/c1-11(12-7-8-14(22-3)15(10-12)23-4)18-16(20)13-6-5-9-19(2)17(13)21/h5-11H,1-4H3,(H,18,20). The molecule has 0 saturated heterocycles. The Labute approximate surface area is 134 Å². The van der Waals surface area contributed by atoms with E-state index in [1.807, 2.05) is 13.0 Å². The lowest BCUT2D eigenvalue weighted by atomic mass is 10.1. The summed E-state index contributed by atoms with van der Waals surface area (Å²) in [5.74, 6) is 0.793. The van der Waals surface area contributed by atoms with Gasteiger partial charge in [-0.25, -0.2) is 0 Å². The number of carbonyl (C=O) groups is 1. The van der Waals surface area contributed by atoms with Gasteiger partial charge in [0, 0.05) is 13.2 Å². The minimum Gasteiger partial charge on any atom is -0.493 e. The largest absolute Gasteiger partial charge is 0.493 e. The Kier molecular flexibility index (Phi) is 5.05. The van der Waals surface area contributed by atoms with E-state index >= 15 is 0 Å². The van der Waals surface area contributed by atoms with Crippen molar-refractivity contribution in [2.45, 2.75) is 13.0 Å². The van der Waals surface area contributed by atoms with Crippen LogP contribution in [0.1, 0.15) is 28.9 Å². The minimum atomic E-state index is -0.409. The van der Waals surface area contributed by atoms with Crippen LogP contribution >= 0.6 is 0 Å². The van der Waals surface area contributed by atoms with E-state index in [-0.39, 0.29) is 17.2 Å². The van der Waals surface area contributed by atoms with Crippen LogP contribution in [-0.4, -0.2) is 24.7 Å². The van der Waals surface area contributed by atoms with E-state index in [0.29, 0.717) is 11.5 Å². The Bertz CT molecular complexity index is 767. The lowest BCUT2D eigenvalue weighted by Crippen LogP contribution is -2.33. The maximum absolute atomic E-state index is 12.3. The minimum absolute atomic E-state index is 0.113. The number of benzene rings is 1. The predicted molar refractivity (Wildman–Crippen MR) is 87.1 cm³/mol. The first-order valence-corrected chi connectivity index (χ1v) is 7.16. The third-order valence-electron chi connectivity index (χ3n) is 3.62. The van der Waals surface area contributed by atoms with Gasteiger partial charge >= 0.3 is 0 Å². The average Bonchev–Trinajstić information content (AvgIpc) is 2.56. The number of ether oxygens (including phenoxy) is 2. The van der Waals surface area contributed by atoms with E-state index in [1.54, 1.807) is 45.7 Å². The normalized spacial score (nSPS) is 11.7. The molecule has 2 aromatic rings. The first kappa shape index (κ1) is 16.6. The number of pyridine rings is 1. The van der Waals surface area contributed by atoms with Gasteiger partial charge in [0.05, 0.1) is 20.3 Å². The fourth-order valence-corrected chi connectivity index (χ4v) is 2.25. The van der Waals surface area contributed by atoms with Gasteiger partial charge in [0.2, 0.25) is 0 Å². The molecule has 23 heavy (non-hydrogen) atoms. The van der Waals surface area contributed by atoms with E-state index in [9.17, 15) is 9.59 Å². The molecule has 0 aliphatic heterocycles. The van der Waals surface area contributed by atoms with Crippen molar-refractivity contribution < 1.29 is 14.3 Å². The number of aromatic nitrogens is 1. The molecule has 0 aliphatic rings. The van der Waals surface area contributed by atoms with Crippen molar-refractivity contribution in [3.05, 3.63) is 58.0 Å². The van der Waals surface area contributed by atoms with Crippen molar-refractivity contribution in [3.63, 3.8) is 0 Å². The summed E-state index contributed by atoms with van der Waals surface area (Å²) in [5, 5.41) is 2.82. The second kappa shape index (κ2) is 7.00. The van der Waals surface area contributed by atoms with Gasteiger partial charge in [-0.3, -0.25) is 9.59 Å². The van der Waals surface area contributed by atoms with Gasteiger partial charge in [-0.05, 0) is 36.8 Å². The zero-order chi connectivity index (χ0) is 17.0. The number of hydrogen-bond donors (Lipinski definition) is 1. The Morgan fingerprint density at radius 1 is 1.17 bits per heavy atom. The van der Waals surface area contributed by atoms with Crippen LogP contribution in [0.4, 0.5) is 0 Å². The van der Waals surface area contributed by atoms with E-state index in [4.69, 9.17) is 9.47 Å². The second-order valence-corrected chi connectivity index (χ2v) is 5.15. The van der Waals surface area contributed by atoms with E-state index in [0.717, 1.165) is 5.56 Å². The number of nitrogens with zero attached hydrogens (tertiary/aromatic N) is 1. The molecule has 0 fully saturated rings. The van der Waals surface area contributed by atoms with Gasteiger partial charge in [0.1, 0.15) is 5.56 Å². The van der Waals surface area contributed by atoms with Crippen LogP contribution in [0.25, 0.3) is 0 Å². The maximum Gasteiger partial charge on any atom is 0.263 e. The zero-order valence-corrected chi connectivity index (χ0v) is 13.6. The molecule has 1 aromatic carbocycles. The smallest absolute Gasteiger partial charge is 0.263 e. The van der Waals surface area contributed by atoms with Gasteiger partial charge in [0.25, 0.3) is 11.5 Å². The Balaban J connectivity index is 2.21. The topological polar surface area (TPSA) is 69.6 Å². The summed E-state index contributed by atoms with van der Waals surface area (Å²) in [4.78, 5) is 24.3. The molecule has 0 bridgehead atoms. The molecule has 6 heteroatoms. The third kappa shape index (κ3) is 3.53. The number of amides is 1. The summed E-state index contributed by atoms with van der Waals surface area (Å²) >= 11 is 0. The summed E-state index contributed by atoms with van der Waals surface area (Å²) in [6, 6.07) is 8.31. The molecule has 1 aromatic heterocycles. The van der Waals surface area contributed by atoms with Gasteiger partial charge in [0.15, 0.2) is 11.5 Å². The molecule has 6 nitrogen and oxygen atoms in total. The lowest BCUT2D eigenvalue weighted by molar-refractivity contribution is 0.0937. The molecule has 1 atom stereocenters.